The fourth-order valence-corrected chi connectivity index (χ4v) is 1.99. The third kappa shape index (κ3) is 3.07. The lowest BCUT2D eigenvalue weighted by atomic mass is 10.3. The molecule has 1 aliphatic heterocycles. The molecule has 0 spiro atoms. The van der Waals surface area contributed by atoms with Gasteiger partial charge in [-0.25, -0.2) is 0 Å². The lowest BCUT2D eigenvalue weighted by Gasteiger charge is -2.27. The van der Waals surface area contributed by atoms with Crippen LogP contribution >= 0.6 is 0 Å². The van der Waals surface area contributed by atoms with Gasteiger partial charge in [0.1, 0.15) is 0 Å². The van der Waals surface area contributed by atoms with Crippen molar-refractivity contribution in [1.29, 1.82) is 0 Å². The lowest BCUT2D eigenvalue weighted by molar-refractivity contribution is 0.0330. The van der Waals surface area contributed by atoms with Crippen molar-refractivity contribution in [2.24, 2.45) is 0 Å². The minimum Gasteiger partial charge on any atom is -0.383 e. The summed E-state index contributed by atoms with van der Waals surface area (Å²) in [6.07, 6.45) is 2.12. The highest BCUT2D eigenvalue weighted by molar-refractivity contribution is 5.07. The smallest absolute Gasteiger partial charge is 0.0641 e. The molecule has 16 heavy (non-hydrogen) atoms. The van der Waals surface area contributed by atoms with Crippen molar-refractivity contribution < 1.29 is 9.47 Å². The van der Waals surface area contributed by atoms with Gasteiger partial charge in [0.25, 0.3) is 0 Å². The fraction of sp³-hybridized carbons (Fsp3) is 0.667. The molecule has 0 bridgehead atoms. The third-order valence-electron chi connectivity index (χ3n) is 2.95. The molecule has 2 rings (SSSR count). The Morgan fingerprint density at radius 3 is 2.94 bits per heavy atom. The summed E-state index contributed by atoms with van der Waals surface area (Å²) in [7, 11) is 1.74. The zero-order chi connectivity index (χ0) is 11.2. The normalized spacial score (nSPS) is 17.8. The summed E-state index contributed by atoms with van der Waals surface area (Å²) < 4.78 is 12.7. The van der Waals surface area contributed by atoms with E-state index in [1.54, 1.807) is 7.11 Å². The minimum atomic E-state index is 0.769. The Balaban J connectivity index is 1.89. The number of rotatable bonds is 5. The molecule has 2 heterocycles. The number of aromatic nitrogens is 1. The number of hydrogen-bond donors (Lipinski definition) is 0. The summed E-state index contributed by atoms with van der Waals surface area (Å²) in [6, 6.07) is 4.29. The van der Waals surface area contributed by atoms with E-state index in [1.165, 1.54) is 5.69 Å². The molecule has 1 fully saturated rings. The lowest BCUT2D eigenvalue weighted by Crippen LogP contribution is -2.36. The Hall–Kier alpha value is -0.840. The second-order valence-corrected chi connectivity index (χ2v) is 4.07. The van der Waals surface area contributed by atoms with E-state index in [2.05, 4.69) is 27.8 Å². The average Bonchev–Trinajstić information content (AvgIpc) is 2.75. The van der Waals surface area contributed by atoms with E-state index >= 15 is 0 Å². The Kier molecular flexibility index (Phi) is 4.39. The summed E-state index contributed by atoms with van der Waals surface area (Å²) in [4.78, 5) is 2.43. The zero-order valence-electron chi connectivity index (χ0n) is 9.89. The van der Waals surface area contributed by atoms with Gasteiger partial charge in [-0.3, -0.25) is 4.90 Å². The molecule has 0 amide bonds. The van der Waals surface area contributed by atoms with Gasteiger partial charge in [-0.05, 0) is 12.1 Å². The molecule has 4 heteroatoms. The maximum atomic E-state index is 5.35. The van der Waals surface area contributed by atoms with E-state index in [-0.39, 0.29) is 0 Å². The van der Waals surface area contributed by atoms with Crippen LogP contribution in [0.4, 0.5) is 0 Å². The summed E-state index contributed by atoms with van der Waals surface area (Å²) in [5, 5.41) is 0. The fourth-order valence-electron chi connectivity index (χ4n) is 1.99. The van der Waals surface area contributed by atoms with Crippen molar-refractivity contribution in [2.75, 3.05) is 40.0 Å². The highest BCUT2D eigenvalue weighted by atomic mass is 16.5. The first-order valence-electron chi connectivity index (χ1n) is 5.83. The first kappa shape index (κ1) is 11.6. The highest BCUT2D eigenvalue weighted by Crippen LogP contribution is 2.08. The van der Waals surface area contributed by atoms with Gasteiger partial charge in [0.2, 0.25) is 0 Å². The molecule has 0 N–H and O–H groups in total. The number of ether oxygens (including phenoxy) is 2. The molecular weight excluding hydrogens is 204 g/mol. The maximum Gasteiger partial charge on any atom is 0.0641 e. The summed E-state index contributed by atoms with van der Waals surface area (Å²) in [5.41, 5.74) is 1.36. The van der Waals surface area contributed by atoms with Gasteiger partial charge in [-0.1, -0.05) is 0 Å². The van der Waals surface area contributed by atoms with Crippen LogP contribution in [-0.2, 0) is 22.6 Å². The quantitative estimate of drug-likeness (QED) is 0.745. The van der Waals surface area contributed by atoms with Crippen LogP contribution in [0, 0.1) is 0 Å². The van der Waals surface area contributed by atoms with Crippen molar-refractivity contribution in [3.05, 3.63) is 24.0 Å². The predicted molar refractivity (Wildman–Crippen MR) is 62.4 cm³/mol. The first-order chi connectivity index (χ1) is 7.90. The zero-order valence-corrected chi connectivity index (χ0v) is 9.89. The standard InChI is InChI=1S/C12H20N2O2/c1-15-8-7-14-4-2-3-12(14)11-13-5-9-16-10-6-13/h2-4H,5-11H2,1H3. The van der Waals surface area contributed by atoms with E-state index in [0.717, 1.165) is 46.0 Å². The van der Waals surface area contributed by atoms with Crippen molar-refractivity contribution in [3.63, 3.8) is 0 Å². The molecule has 0 aliphatic carbocycles. The predicted octanol–water partition coefficient (Wildman–Crippen LogP) is 0.967. The molecular formula is C12H20N2O2. The molecule has 1 aromatic heterocycles. The molecule has 0 saturated carbocycles. The molecule has 0 aromatic carbocycles. The topological polar surface area (TPSA) is 26.6 Å². The van der Waals surface area contributed by atoms with Crippen LogP contribution < -0.4 is 0 Å². The number of morpholine rings is 1. The van der Waals surface area contributed by atoms with E-state index in [9.17, 15) is 0 Å². The maximum absolute atomic E-state index is 5.35. The summed E-state index contributed by atoms with van der Waals surface area (Å²) in [6.45, 7) is 6.51. The second kappa shape index (κ2) is 6.03. The van der Waals surface area contributed by atoms with E-state index in [1.807, 2.05) is 0 Å². The van der Waals surface area contributed by atoms with Crippen molar-refractivity contribution in [2.45, 2.75) is 13.1 Å². The van der Waals surface area contributed by atoms with Crippen molar-refractivity contribution in [3.8, 4) is 0 Å². The Morgan fingerprint density at radius 2 is 2.19 bits per heavy atom. The van der Waals surface area contributed by atoms with Gasteiger partial charge < -0.3 is 14.0 Å². The molecule has 1 saturated heterocycles. The molecule has 0 radical (unpaired) electrons. The van der Waals surface area contributed by atoms with Crippen LogP contribution in [0.5, 0.6) is 0 Å². The molecule has 4 nitrogen and oxygen atoms in total. The van der Waals surface area contributed by atoms with Gasteiger partial charge in [0.05, 0.1) is 19.8 Å². The molecule has 1 aliphatic rings. The Bertz CT molecular complexity index is 306. The van der Waals surface area contributed by atoms with Gasteiger partial charge in [-0.15, -0.1) is 0 Å². The molecule has 0 atom stereocenters. The second-order valence-electron chi connectivity index (χ2n) is 4.07. The third-order valence-corrected chi connectivity index (χ3v) is 2.95. The van der Waals surface area contributed by atoms with Crippen molar-refractivity contribution in [1.82, 2.24) is 9.47 Å². The minimum absolute atomic E-state index is 0.769. The summed E-state index contributed by atoms with van der Waals surface area (Å²) >= 11 is 0. The molecule has 1 aromatic rings. The van der Waals surface area contributed by atoms with E-state index in [4.69, 9.17) is 9.47 Å². The van der Waals surface area contributed by atoms with Gasteiger partial charge >= 0.3 is 0 Å². The van der Waals surface area contributed by atoms with Crippen LogP contribution in [0.1, 0.15) is 5.69 Å². The van der Waals surface area contributed by atoms with Crippen LogP contribution in [-0.4, -0.2) is 49.5 Å². The largest absolute Gasteiger partial charge is 0.383 e. The van der Waals surface area contributed by atoms with E-state index in [0.29, 0.717) is 0 Å². The number of methoxy groups -OCH3 is 1. The first-order valence-corrected chi connectivity index (χ1v) is 5.83. The molecule has 0 unspecified atom stereocenters. The van der Waals surface area contributed by atoms with Gasteiger partial charge in [0.15, 0.2) is 0 Å². The van der Waals surface area contributed by atoms with Gasteiger partial charge in [0, 0.05) is 45.2 Å². The van der Waals surface area contributed by atoms with Crippen molar-refractivity contribution >= 4 is 0 Å². The SMILES string of the molecule is COCCn1cccc1CN1CCOCC1. The summed E-state index contributed by atoms with van der Waals surface area (Å²) in [5.74, 6) is 0. The van der Waals surface area contributed by atoms with Gasteiger partial charge in [-0.2, -0.15) is 0 Å². The monoisotopic (exact) mass is 224 g/mol. The van der Waals surface area contributed by atoms with Crippen LogP contribution in [0.3, 0.4) is 0 Å². The highest BCUT2D eigenvalue weighted by Gasteiger charge is 2.12. The van der Waals surface area contributed by atoms with Crippen LogP contribution in [0.25, 0.3) is 0 Å². The average molecular weight is 224 g/mol. The molecule has 90 valence electrons. The number of nitrogens with zero attached hydrogens (tertiary/aromatic N) is 2. The van der Waals surface area contributed by atoms with Crippen LogP contribution in [0.2, 0.25) is 0 Å². The number of hydrogen-bond acceptors (Lipinski definition) is 3. The Morgan fingerprint density at radius 1 is 1.38 bits per heavy atom. The van der Waals surface area contributed by atoms with E-state index < -0.39 is 0 Å². The van der Waals surface area contributed by atoms with Crippen LogP contribution in [0.15, 0.2) is 18.3 Å². The Labute approximate surface area is 96.8 Å².